The topological polar surface area (TPSA) is 65.5 Å². The number of carbonyl (C=O) groups is 1. The van der Waals surface area contributed by atoms with Gasteiger partial charge in [-0.3, -0.25) is 9.78 Å². The van der Waals surface area contributed by atoms with Crippen LogP contribution < -0.4 is 5.32 Å². The van der Waals surface area contributed by atoms with Crippen LogP contribution in [0.15, 0.2) is 12.1 Å². The summed E-state index contributed by atoms with van der Waals surface area (Å²) >= 11 is 0. The summed E-state index contributed by atoms with van der Waals surface area (Å²) in [6.07, 6.45) is 2.76. The normalized spacial score (nSPS) is 14.9. The van der Waals surface area contributed by atoms with Gasteiger partial charge in [0.1, 0.15) is 5.75 Å². The molecule has 1 aromatic heterocycles. The summed E-state index contributed by atoms with van der Waals surface area (Å²) in [5.41, 5.74) is 1.51. The maximum absolute atomic E-state index is 11.8. The standard InChI is InChI=1S/C14H21N3O2/c1-11-4-5-13(18)12(16-11)10-15-7-6-14(19)17-8-2-3-9-17/h4-5,15,18H,2-3,6-10H2,1H3. The van der Waals surface area contributed by atoms with E-state index in [0.29, 0.717) is 25.2 Å². The summed E-state index contributed by atoms with van der Waals surface area (Å²) in [7, 11) is 0. The van der Waals surface area contributed by atoms with Gasteiger partial charge in [0.25, 0.3) is 0 Å². The zero-order valence-electron chi connectivity index (χ0n) is 11.4. The summed E-state index contributed by atoms with van der Waals surface area (Å²) in [6.45, 7) is 4.79. The fourth-order valence-electron chi connectivity index (χ4n) is 2.26. The quantitative estimate of drug-likeness (QED) is 0.783. The van der Waals surface area contributed by atoms with Gasteiger partial charge >= 0.3 is 0 Å². The van der Waals surface area contributed by atoms with E-state index >= 15 is 0 Å². The molecule has 0 radical (unpaired) electrons. The predicted octanol–water partition coefficient (Wildman–Crippen LogP) is 1.20. The van der Waals surface area contributed by atoms with Gasteiger partial charge in [0.05, 0.1) is 5.69 Å². The van der Waals surface area contributed by atoms with Gasteiger partial charge in [-0.15, -0.1) is 0 Å². The Bertz CT molecular complexity index is 442. The molecule has 2 rings (SSSR count). The summed E-state index contributed by atoms with van der Waals surface area (Å²) < 4.78 is 0. The highest BCUT2D eigenvalue weighted by Gasteiger charge is 2.16. The van der Waals surface area contributed by atoms with Crippen LogP contribution in [0.25, 0.3) is 0 Å². The summed E-state index contributed by atoms with van der Waals surface area (Å²) in [6, 6.07) is 3.42. The molecule has 2 heterocycles. The number of nitrogens with one attached hydrogen (secondary N) is 1. The van der Waals surface area contributed by atoms with Gasteiger partial charge in [0.15, 0.2) is 0 Å². The van der Waals surface area contributed by atoms with Crippen molar-refractivity contribution < 1.29 is 9.90 Å². The second kappa shape index (κ2) is 6.52. The lowest BCUT2D eigenvalue weighted by Crippen LogP contribution is -2.30. The van der Waals surface area contributed by atoms with E-state index in [1.165, 1.54) is 0 Å². The Balaban J connectivity index is 1.71. The van der Waals surface area contributed by atoms with Crippen LogP contribution in [0, 0.1) is 6.92 Å². The van der Waals surface area contributed by atoms with Crippen LogP contribution in [-0.4, -0.2) is 40.5 Å². The third-order valence-corrected chi connectivity index (χ3v) is 3.36. The van der Waals surface area contributed by atoms with Crippen molar-refractivity contribution in [2.75, 3.05) is 19.6 Å². The van der Waals surface area contributed by atoms with E-state index in [-0.39, 0.29) is 11.7 Å². The molecule has 0 saturated carbocycles. The number of hydrogen-bond acceptors (Lipinski definition) is 4. The van der Waals surface area contributed by atoms with E-state index in [0.717, 1.165) is 31.6 Å². The number of likely N-dealkylation sites (tertiary alicyclic amines) is 1. The van der Waals surface area contributed by atoms with Crippen molar-refractivity contribution in [2.45, 2.75) is 32.7 Å². The zero-order valence-corrected chi connectivity index (χ0v) is 11.4. The monoisotopic (exact) mass is 263 g/mol. The number of rotatable bonds is 5. The summed E-state index contributed by atoms with van der Waals surface area (Å²) in [5, 5.41) is 12.8. The predicted molar refractivity (Wildman–Crippen MR) is 72.8 cm³/mol. The molecule has 19 heavy (non-hydrogen) atoms. The molecule has 1 aliphatic rings. The molecule has 5 nitrogen and oxygen atoms in total. The van der Waals surface area contributed by atoms with E-state index in [9.17, 15) is 9.90 Å². The smallest absolute Gasteiger partial charge is 0.223 e. The lowest BCUT2D eigenvalue weighted by atomic mass is 10.2. The Kier molecular flexibility index (Phi) is 4.74. The molecule has 104 valence electrons. The Morgan fingerprint density at radius 3 is 2.89 bits per heavy atom. The van der Waals surface area contributed by atoms with Crippen molar-refractivity contribution in [1.29, 1.82) is 0 Å². The van der Waals surface area contributed by atoms with Crippen LogP contribution in [0.2, 0.25) is 0 Å². The minimum Gasteiger partial charge on any atom is -0.506 e. The van der Waals surface area contributed by atoms with Crippen molar-refractivity contribution in [3.63, 3.8) is 0 Å². The first-order chi connectivity index (χ1) is 9.16. The second-order valence-corrected chi connectivity index (χ2v) is 4.93. The van der Waals surface area contributed by atoms with Crippen molar-refractivity contribution >= 4 is 5.91 Å². The highest BCUT2D eigenvalue weighted by atomic mass is 16.3. The third-order valence-electron chi connectivity index (χ3n) is 3.36. The molecule has 2 N–H and O–H groups in total. The van der Waals surface area contributed by atoms with Gasteiger partial charge in [0.2, 0.25) is 5.91 Å². The molecule has 0 aromatic carbocycles. The Labute approximate surface area is 113 Å². The van der Waals surface area contributed by atoms with E-state index in [2.05, 4.69) is 10.3 Å². The SMILES string of the molecule is Cc1ccc(O)c(CNCCC(=O)N2CCCC2)n1. The summed E-state index contributed by atoms with van der Waals surface area (Å²) in [5.74, 6) is 0.412. The molecule has 1 fully saturated rings. The van der Waals surface area contributed by atoms with Gasteiger partial charge in [-0.05, 0) is 31.9 Å². The number of pyridine rings is 1. The van der Waals surface area contributed by atoms with E-state index in [1.54, 1.807) is 12.1 Å². The van der Waals surface area contributed by atoms with Crippen LogP contribution in [0.5, 0.6) is 5.75 Å². The fourth-order valence-corrected chi connectivity index (χ4v) is 2.26. The first-order valence-corrected chi connectivity index (χ1v) is 6.81. The molecule has 1 aromatic rings. The third kappa shape index (κ3) is 3.92. The van der Waals surface area contributed by atoms with Gasteiger partial charge < -0.3 is 15.3 Å². The number of amides is 1. The maximum Gasteiger partial charge on any atom is 0.223 e. The lowest BCUT2D eigenvalue weighted by Gasteiger charge is -2.15. The number of nitrogens with zero attached hydrogens (tertiary/aromatic N) is 2. The Morgan fingerprint density at radius 2 is 2.16 bits per heavy atom. The highest BCUT2D eigenvalue weighted by molar-refractivity contribution is 5.76. The molecular weight excluding hydrogens is 242 g/mol. The lowest BCUT2D eigenvalue weighted by molar-refractivity contribution is -0.130. The number of hydrogen-bond donors (Lipinski definition) is 2. The maximum atomic E-state index is 11.8. The first-order valence-electron chi connectivity index (χ1n) is 6.81. The number of carbonyl (C=O) groups excluding carboxylic acids is 1. The van der Waals surface area contributed by atoms with E-state index < -0.39 is 0 Å². The average Bonchev–Trinajstić information content (AvgIpc) is 2.92. The van der Waals surface area contributed by atoms with Crippen molar-refractivity contribution in [3.8, 4) is 5.75 Å². The Hall–Kier alpha value is -1.62. The molecule has 1 saturated heterocycles. The van der Waals surface area contributed by atoms with E-state index in [1.807, 2.05) is 11.8 Å². The molecular formula is C14H21N3O2. The number of aryl methyl sites for hydroxylation is 1. The van der Waals surface area contributed by atoms with Crippen LogP contribution in [0.4, 0.5) is 0 Å². The van der Waals surface area contributed by atoms with Gasteiger partial charge in [-0.1, -0.05) is 0 Å². The van der Waals surface area contributed by atoms with Crippen molar-refractivity contribution in [1.82, 2.24) is 15.2 Å². The van der Waals surface area contributed by atoms with Crippen molar-refractivity contribution in [2.24, 2.45) is 0 Å². The number of aromatic nitrogens is 1. The average molecular weight is 263 g/mol. The van der Waals surface area contributed by atoms with Gasteiger partial charge in [0, 0.05) is 38.3 Å². The molecule has 0 atom stereocenters. The highest BCUT2D eigenvalue weighted by Crippen LogP contribution is 2.14. The first kappa shape index (κ1) is 13.8. The minimum absolute atomic E-state index is 0.198. The van der Waals surface area contributed by atoms with Crippen LogP contribution >= 0.6 is 0 Å². The zero-order chi connectivity index (χ0) is 13.7. The fraction of sp³-hybridized carbons (Fsp3) is 0.571. The molecule has 0 bridgehead atoms. The minimum atomic E-state index is 0.198. The van der Waals surface area contributed by atoms with Crippen LogP contribution in [0.1, 0.15) is 30.7 Å². The molecule has 0 unspecified atom stereocenters. The molecule has 5 heteroatoms. The largest absolute Gasteiger partial charge is 0.506 e. The number of aromatic hydroxyl groups is 1. The van der Waals surface area contributed by atoms with Gasteiger partial charge in [-0.25, -0.2) is 0 Å². The van der Waals surface area contributed by atoms with Crippen LogP contribution in [0.3, 0.4) is 0 Å². The van der Waals surface area contributed by atoms with E-state index in [4.69, 9.17) is 0 Å². The molecule has 1 aliphatic heterocycles. The van der Waals surface area contributed by atoms with Gasteiger partial charge in [-0.2, -0.15) is 0 Å². The second-order valence-electron chi connectivity index (χ2n) is 4.93. The Morgan fingerprint density at radius 1 is 1.42 bits per heavy atom. The molecule has 0 spiro atoms. The van der Waals surface area contributed by atoms with Crippen LogP contribution in [-0.2, 0) is 11.3 Å². The van der Waals surface area contributed by atoms with Crippen molar-refractivity contribution in [3.05, 3.63) is 23.5 Å². The summed E-state index contributed by atoms with van der Waals surface area (Å²) in [4.78, 5) is 18.0. The molecule has 1 amide bonds. The molecule has 0 aliphatic carbocycles.